The summed E-state index contributed by atoms with van der Waals surface area (Å²) in [5.41, 5.74) is 0. The van der Waals surface area contributed by atoms with Crippen LogP contribution in [0.25, 0.3) is 0 Å². The lowest BCUT2D eigenvalue weighted by molar-refractivity contribution is -0.151. The molecule has 0 spiro atoms. The Morgan fingerprint density at radius 1 is 1.35 bits per heavy atom. The Morgan fingerprint density at radius 2 is 2.09 bits per heavy atom. The molecular formula is C16H18ClNO5. The zero-order chi connectivity index (χ0) is 16.8. The maximum absolute atomic E-state index is 12.2. The van der Waals surface area contributed by atoms with Crippen LogP contribution < -0.4 is 4.74 Å². The van der Waals surface area contributed by atoms with Gasteiger partial charge in [-0.15, -0.1) is 0 Å². The molecule has 0 saturated carbocycles. The summed E-state index contributed by atoms with van der Waals surface area (Å²) in [7, 11) is 2.82. The van der Waals surface area contributed by atoms with E-state index in [0.717, 1.165) is 0 Å². The van der Waals surface area contributed by atoms with E-state index in [0.29, 0.717) is 29.6 Å². The van der Waals surface area contributed by atoms with Crippen molar-refractivity contribution in [1.29, 1.82) is 0 Å². The summed E-state index contributed by atoms with van der Waals surface area (Å²) in [6, 6.07) is 6.26. The monoisotopic (exact) mass is 339 g/mol. The molecule has 2 rings (SSSR count). The Bertz CT molecular complexity index is 616. The fourth-order valence-electron chi connectivity index (χ4n) is 2.27. The molecule has 0 bridgehead atoms. The second-order valence-corrected chi connectivity index (χ2v) is 5.34. The first kappa shape index (κ1) is 17.3. The van der Waals surface area contributed by atoms with Gasteiger partial charge in [-0.1, -0.05) is 23.7 Å². The zero-order valence-electron chi connectivity index (χ0n) is 13.0. The molecule has 0 aliphatic carbocycles. The third kappa shape index (κ3) is 4.24. The van der Waals surface area contributed by atoms with E-state index < -0.39 is 12.0 Å². The van der Waals surface area contributed by atoms with E-state index in [9.17, 15) is 9.59 Å². The van der Waals surface area contributed by atoms with Crippen LogP contribution in [0.4, 0.5) is 0 Å². The molecule has 0 aromatic heterocycles. The van der Waals surface area contributed by atoms with Gasteiger partial charge < -0.3 is 19.1 Å². The molecule has 0 radical (unpaired) electrons. The molecule has 1 aliphatic heterocycles. The average molecular weight is 340 g/mol. The van der Waals surface area contributed by atoms with Crippen molar-refractivity contribution in [1.82, 2.24) is 4.90 Å². The molecule has 0 unspecified atom stereocenters. The first-order chi connectivity index (χ1) is 11.1. The maximum Gasteiger partial charge on any atom is 0.328 e. The van der Waals surface area contributed by atoms with Gasteiger partial charge in [0.25, 0.3) is 5.91 Å². The highest BCUT2D eigenvalue weighted by Crippen LogP contribution is 2.27. The number of amides is 1. The van der Waals surface area contributed by atoms with Gasteiger partial charge in [-0.05, 0) is 12.1 Å². The lowest BCUT2D eigenvalue weighted by Gasteiger charge is -2.25. The number of ether oxygens (including phenoxy) is 3. The van der Waals surface area contributed by atoms with Crippen molar-refractivity contribution in [2.45, 2.75) is 12.5 Å². The van der Waals surface area contributed by atoms with Gasteiger partial charge in [0, 0.05) is 26.2 Å². The summed E-state index contributed by atoms with van der Waals surface area (Å²) >= 11 is 6.04. The minimum atomic E-state index is -0.712. The van der Waals surface area contributed by atoms with E-state index in [4.69, 9.17) is 25.8 Å². The van der Waals surface area contributed by atoms with E-state index in [1.54, 1.807) is 24.3 Å². The lowest BCUT2D eigenvalue weighted by Crippen LogP contribution is -2.44. The van der Waals surface area contributed by atoms with Gasteiger partial charge in [-0.25, -0.2) is 4.79 Å². The average Bonchev–Trinajstić information content (AvgIpc) is 2.90. The Hall–Kier alpha value is -2.05. The number of carbonyl (C=O) groups is 2. The third-order valence-electron chi connectivity index (χ3n) is 3.42. The van der Waals surface area contributed by atoms with Crippen molar-refractivity contribution >= 4 is 23.5 Å². The van der Waals surface area contributed by atoms with Crippen LogP contribution in [0.15, 0.2) is 36.1 Å². The van der Waals surface area contributed by atoms with Crippen molar-refractivity contribution < 1.29 is 23.8 Å². The number of carbonyl (C=O) groups excluding carboxylic acids is 2. The minimum absolute atomic E-state index is 0.174. The summed E-state index contributed by atoms with van der Waals surface area (Å²) in [4.78, 5) is 25.5. The topological polar surface area (TPSA) is 65.1 Å². The summed E-state index contributed by atoms with van der Waals surface area (Å²) in [6.07, 6.45) is 1.70. The molecule has 0 fully saturated rings. The van der Waals surface area contributed by atoms with E-state index in [1.165, 1.54) is 25.2 Å². The number of halogens is 1. The second kappa shape index (κ2) is 7.99. The third-order valence-corrected chi connectivity index (χ3v) is 3.73. The molecule has 0 saturated heterocycles. The molecule has 6 nitrogen and oxygen atoms in total. The zero-order valence-corrected chi connectivity index (χ0v) is 13.7. The van der Waals surface area contributed by atoms with Crippen molar-refractivity contribution in [2.75, 3.05) is 27.4 Å². The first-order valence-electron chi connectivity index (χ1n) is 7.07. The predicted molar refractivity (Wildman–Crippen MR) is 84.2 cm³/mol. The Morgan fingerprint density at radius 3 is 2.74 bits per heavy atom. The van der Waals surface area contributed by atoms with Crippen LogP contribution in [0, 0.1) is 0 Å². The van der Waals surface area contributed by atoms with E-state index in [2.05, 4.69) is 0 Å². The predicted octanol–water partition coefficient (Wildman–Crippen LogP) is 2.02. The number of para-hydroxylation sites is 1. The molecule has 1 amide bonds. The van der Waals surface area contributed by atoms with Crippen LogP contribution in [0.2, 0.25) is 5.02 Å². The molecule has 23 heavy (non-hydrogen) atoms. The molecule has 1 aromatic rings. The lowest BCUT2D eigenvalue weighted by atomic mass is 10.2. The number of rotatable bonds is 7. The van der Waals surface area contributed by atoms with Crippen LogP contribution in [0.1, 0.15) is 6.42 Å². The van der Waals surface area contributed by atoms with Gasteiger partial charge in [0.05, 0.1) is 18.7 Å². The standard InChI is InChI=1S/C16H18ClNO5/c1-21-8-7-13(16(20)22-2)18-10-11(9-15(18)19)23-14-6-4-3-5-12(14)17/h3-6,9,13H,7-8,10H2,1-2H3/t13-/m0/s1. The van der Waals surface area contributed by atoms with Gasteiger partial charge >= 0.3 is 5.97 Å². The second-order valence-electron chi connectivity index (χ2n) is 4.93. The number of nitrogens with zero attached hydrogens (tertiary/aromatic N) is 1. The number of hydrogen-bond donors (Lipinski definition) is 0. The highest BCUT2D eigenvalue weighted by atomic mass is 35.5. The molecule has 1 aliphatic rings. The molecule has 7 heteroatoms. The van der Waals surface area contributed by atoms with Crippen molar-refractivity contribution in [3.8, 4) is 5.75 Å². The number of methoxy groups -OCH3 is 2. The highest BCUT2D eigenvalue weighted by Gasteiger charge is 2.34. The van der Waals surface area contributed by atoms with E-state index in [1.807, 2.05) is 0 Å². The summed E-state index contributed by atoms with van der Waals surface area (Å²) in [5, 5.41) is 0.447. The fraction of sp³-hybridized carbons (Fsp3) is 0.375. The maximum atomic E-state index is 12.2. The summed E-state index contributed by atoms with van der Waals surface area (Å²) in [5.74, 6) is 0.0948. The van der Waals surface area contributed by atoms with Crippen LogP contribution >= 0.6 is 11.6 Å². The highest BCUT2D eigenvalue weighted by molar-refractivity contribution is 6.32. The van der Waals surface area contributed by atoms with Crippen LogP contribution in [-0.2, 0) is 19.1 Å². The van der Waals surface area contributed by atoms with Gasteiger partial charge in [0.2, 0.25) is 0 Å². The van der Waals surface area contributed by atoms with E-state index >= 15 is 0 Å². The Balaban J connectivity index is 2.08. The Labute approximate surface area is 139 Å². The molecule has 124 valence electrons. The van der Waals surface area contributed by atoms with Gasteiger partial charge in [-0.3, -0.25) is 4.79 Å². The van der Waals surface area contributed by atoms with E-state index in [-0.39, 0.29) is 12.5 Å². The van der Waals surface area contributed by atoms with Crippen molar-refractivity contribution in [3.63, 3.8) is 0 Å². The normalized spacial score (nSPS) is 15.3. The van der Waals surface area contributed by atoms with Crippen LogP contribution in [0.5, 0.6) is 5.75 Å². The number of esters is 1. The SMILES string of the molecule is COCC[C@@H](C(=O)OC)N1CC(Oc2ccccc2Cl)=CC1=O. The summed E-state index contributed by atoms with van der Waals surface area (Å²) < 4.78 is 15.4. The molecule has 1 aromatic carbocycles. The van der Waals surface area contributed by atoms with Gasteiger partial charge in [0.1, 0.15) is 17.6 Å². The molecule has 1 atom stereocenters. The first-order valence-corrected chi connectivity index (χ1v) is 7.45. The summed E-state index contributed by atoms with van der Waals surface area (Å²) in [6.45, 7) is 0.512. The molecule has 1 heterocycles. The fourth-order valence-corrected chi connectivity index (χ4v) is 2.45. The minimum Gasteiger partial charge on any atom is -0.467 e. The quantitative estimate of drug-likeness (QED) is 0.711. The van der Waals surface area contributed by atoms with Gasteiger partial charge in [-0.2, -0.15) is 0 Å². The van der Waals surface area contributed by atoms with Crippen LogP contribution in [0.3, 0.4) is 0 Å². The number of benzene rings is 1. The van der Waals surface area contributed by atoms with Gasteiger partial charge in [0.15, 0.2) is 0 Å². The molecular weight excluding hydrogens is 322 g/mol. The Kier molecular flexibility index (Phi) is 6.01. The molecule has 0 N–H and O–H groups in total. The number of hydrogen-bond acceptors (Lipinski definition) is 5. The van der Waals surface area contributed by atoms with Crippen LogP contribution in [-0.4, -0.2) is 50.2 Å². The van der Waals surface area contributed by atoms with Crippen molar-refractivity contribution in [2.24, 2.45) is 0 Å². The largest absolute Gasteiger partial charge is 0.467 e. The van der Waals surface area contributed by atoms with Crippen molar-refractivity contribution in [3.05, 3.63) is 41.1 Å². The smallest absolute Gasteiger partial charge is 0.328 e.